The lowest BCUT2D eigenvalue weighted by Gasteiger charge is -2.24. The van der Waals surface area contributed by atoms with Gasteiger partial charge in [0.2, 0.25) is 0 Å². The molecule has 3 aromatic rings. The van der Waals surface area contributed by atoms with Gasteiger partial charge in [-0.1, -0.05) is 29.8 Å². The number of ether oxygens (including phenoxy) is 1. The highest BCUT2D eigenvalue weighted by Crippen LogP contribution is 2.28. The van der Waals surface area contributed by atoms with E-state index >= 15 is 0 Å². The first kappa shape index (κ1) is 22.4. The van der Waals surface area contributed by atoms with E-state index in [0.29, 0.717) is 11.9 Å². The molecule has 2 aromatic carbocycles. The number of amides is 1. The van der Waals surface area contributed by atoms with Crippen molar-refractivity contribution < 1.29 is 18.7 Å². The predicted octanol–water partition coefficient (Wildman–Crippen LogP) is 3.61. The molecule has 1 amide bonds. The summed E-state index contributed by atoms with van der Waals surface area (Å²) < 4.78 is 21.7. The SMILES string of the molecule is CO[C@@H](C(=O)Cc1cc(Cl)c(NC(=O)c2nn(C)c3ccccc23)cc1F)N1C[CH]CC1. The van der Waals surface area contributed by atoms with Crippen molar-refractivity contribution in [1.82, 2.24) is 14.7 Å². The van der Waals surface area contributed by atoms with Gasteiger partial charge < -0.3 is 10.1 Å². The summed E-state index contributed by atoms with van der Waals surface area (Å²) in [7, 11) is 3.20. The highest BCUT2D eigenvalue weighted by Gasteiger charge is 2.29. The van der Waals surface area contributed by atoms with Crippen molar-refractivity contribution in [3.8, 4) is 0 Å². The van der Waals surface area contributed by atoms with Crippen molar-refractivity contribution in [2.24, 2.45) is 7.05 Å². The van der Waals surface area contributed by atoms with E-state index in [-0.39, 0.29) is 34.2 Å². The molecule has 0 aliphatic carbocycles. The summed E-state index contributed by atoms with van der Waals surface area (Å²) in [5, 5.41) is 7.69. The Morgan fingerprint density at radius 3 is 2.81 bits per heavy atom. The fourth-order valence-corrected chi connectivity index (χ4v) is 4.19. The number of carbonyl (C=O) groups is 2. The molecule has 2 heterocycles. The zero-order valence-electron chi connectivity index (χ0n) is 17.8. The summed E-state index contributed by atoms with van der Waals surface area (Å²) in [6.45, 7) is 1.38. The summed E-state index contributed by atoms with van der Waals surface area (Å²) >= 11 is 6.32. The van der Waals surface area contributed by atoms with Crippen LogP contribution in [0, 0.1) is 12.2 Å². The third-order valence-corrected chi connectivity index (χ3v) is 5.85. The number of aryl methyl sites for hydroxylation is 1. The number of fused-ring (bicyclic) bond motifs is 1. The molecule has 1 N–H and O–H groups in total. The van der Waals surface area contributed by atoms with E-state index in [1.54, 1.807) is 17.8 Å². The van der Waals surface area contributed by atoms with Crippen molar-refractivity contribution in [2.75, 3.05) is 25.5 Å². The maximum Gasteiger partial charge on any atom is 0.276 e. The Labute approximate surface area is 190 Å². The quantitative estimate of drug-likeness (QED) is 0.586. The van der Waals surface area contributed by atoms with Crippen LogP contribution in [0.15, 0.2) is 36.4 Å². The molecule has 4 rings (SSSR count). The Bertz CT molecular complexity index is 1170. The fourth-order valence-electron chi connectivity index (χ4n) is 3.96. The molecule has 1 saturated heterocycles. The van der Waals surface area contributed by atoms with Crippen LogP contribution >= 0.6 is 11.6 Å². The van der Waals surface area contributed by atoms with Crippen LogP contribution in [0.3, 0.4) is 0 Å². The highest BCUT2D eigenvalue weighted by molar-refractivity contribution is 6.34. The second-order valence-corrected chi connectivity index (χ2v) is 8.08. The molecule has 1 aliphatic rings. The number of carbonyl (C=O) groups excluding carboxylic acids is 2. The highest BCUT2D eigenvalue weighted by atomic mass is 35.5. The van der Waals surface area contributed by atoms with Crippen LogP contribution in [-0.4, -0.2) is 52.8 Å². The van der Waals surface area contributed by atoms with Crippen molar-refractivity contribution in [3.63, 3.8) is 0 Å². The molecule has 0 saturated carbocycles. The van der Waals surface area contributed by atoms with Gasteiger partial charge in [-0.2, -0.15) is 5.10 Å². The lowest BCUT2D eigenvalue weighted by Crippen LogP contribution is -2.41. The summed E-state index contributed by atoms with van der Waals surface area (Å²) in [4.78, 5) is 27.4. The second kappa shape index (κ2) is 9.36. The molecular weight excluding hydrogens is 435 g/mol. The van der Waals surface area contributed by atoms with Gasteiger partial charge in [0.05, 0.1) is 16.2 Å². The molecule has 7 nitrogen and oxygen atoms in total. The lowest BCUT2D eigenvalue weighted by atomic mass is 10.1. The maximum atomic E-state index is 14.8. The Morgan fingerprint density at radius 1 is 1.31 bits per heavy atom. The van der Waals surface area contributed by atoms with Gasteiger partial charge in [-0.3, -0.25) is 19.2 Å². The summed E-state index contributed by atoms with van der Waals surface area (Å²) in [6, 6.07) is 9.80. The van der Waals surface area contributed by atoms with E-state index in [2.05, 4.69) is 16.8 Å². The number of Topliss-reactive ketones (excluding diaryl/α,β-unsaturated/α-hetero) is 1. The molecule has 9 heteroatoms. The van der Waals surface area contributed by atoms with Crippen molar-refractivity contribution >= 4 is 39.9 Å². The number of halogens is 2. The third kappa shape index (κ3) is 4.39. The number of rotatable bonds is 7. The first-order valence-corrected chi connectivity index (χ1v) is 10.6. The van der Waals surface area contributed by atoms with E-state index in [9.17, 15) is 14.0 Å². The van der Waals surface area contributed by atoms with Crippen LogP contribution in [0.4, 0.5) is 10.1 Å². The smallest absolute Gasteiger partial charge is 0.276 e. The average molecular weight is 458 g/mol. The van der Waals surface area contributed by atoms with Crippen molar-refractivity contribution in [3.05, 3.63) is 64.9 Å². The van der Waals surface area contributed by atoms with Crippen LogP contribution < -0.4 is 5.32 Å². The summed E-state index contributed by atoms with van der Waals surface area (Å²) in [5.74, 6) is -1.39. The van der Waals surface area contributed by atoms with Crippen LogP contribution in [0.25, 0.3) is 10.9 Å². The van der Waals surface area contributed by atoms with Gasteiger partial charge in [-0.25, -0.2) is 4.39 Å². The maximum absolute atomic E-state index is 14.8. The number of benzene rings is 2. The standard InChI is InChI=1S/C23H23ClFN4O3/c1-28-19-8-4-3-7-15(19)21(27-28)22(31)26-18-13-17(25)14(11-16(18)24)12-20(30)23(32-2)29-9-5-6-10-29/h3-5,7-8,11,13,23H,6,9-10,12H2,1-2H3,(H,26,31)/t23-/m0/s1. The van der Waals surface area contributed by atoms with E-state index in [1.807, 2.05) is 23.1 Å². The molecule has 1 aromatic heterocycles. The molecule has 167 valence electrons. The van der Waals surface area contributed by atoms with E-state index in [4.69, 9.17) is 16.3 Å². The van der Waals surface area contributed by atoms with Crippen LogP contribution in [-0.2, 0) is 23.0 Å². The minimum atomic E-state index is -0.733. The van der Waals surface area contributed by atoms with Crippen molar-refractivity contribution in [1.29, 1.82) is 0 Å². The molecule has 1 atom stereocenters. The van der Waals surface area contributed by atoms with Crippen LogP contribution in [0.2, 0.25) is 5.02 Å². The number of ketones is 1. The normalized spacial score (nSPS) is 15.2. The average Bonchev–Trinajstić information content (AvgIpc) is 3.41. The minimum absolute atomic E-state index is 0.109. The summed E-state index contributed by atoms with van der Waals surface area (Å²) in [5.41, 5.74) is 1.26. The number of hydrogen-bond donors (Lipinski definition) is 1. The first-order chi connectivity index (χ1) is 15.4. The Kier molecular flexibility index (Phi) is 6.55. The molecule has 1 radical (unpaired) electrons. The molecule has 1 fully saturated rings. The fraction of sp³-hybridized carbons (Fsp3) is 0.304. The zero-order chi connectivity index (χ0) is 22.8. The van der Waals surface area contributed by atoms with E-state index in [0.717, 1.165) is 24.5 Å². The Morgan fingerprint density at radius 2 is 2.09 bits per heavy atom. The van der Waals surface area contributed by atoms with E-state index < -0.39 is 18.0 Å². The number of aromatic nitrogens is 2. The van der Waals surface area contributed by atoms with Gasteiger partial charge in [-0.15, -0.1) is 0 Å². The minimum Gasteiger partial charge on any atom is -0.359 e. The topological polar surface area (TPSA) is 76.5 Å². The largest absolute Gasteiger partial charge is 0.359 e. The number of methoxy groups -OCH3 is 1. The van der Waals surface area contributed by atoms with Gasteiger partial charge in [-0.05, 0) is 36.6 Å². The number of para-hydroxylation sites is 1. The van der Waals surface area contributed by atoms with E-state index in [1.165, 1.54) is 13.2 Å². The van der Waals surface area contributed by atoms with Gasteiger partial charge in [0, 0.05) is 39.1 Å². The molecule has 1 aliphatic heterocycles. The number of anilines is 1. The van der Waals surface area contributed by atoms with Gasteiger partial charge in [0.25, 0.3) is 5.91 Å². The molecular formula is C23H23ClFN4O3. The monoisotopic (exact) mass is 457 g/mol. The number of likely N-dealkylation sites (tertiary alicyclic amines) is 1. The molecule has 0 bridgehead atoms. The number of nitrogens with one attached hydrogen (secondary N) is 1. The van der Waals surface area contributed by atoms with Gasteiger partial charge in [0.15, 0.2) is 17.7 Å². The second-order valence-electron chi connectivity index (χ2n) is 7.67. The number of hydrogen-bond acceptors (Lipinski definition) is 5. The Balaban J connectivity index is 1.52. The Hall–Kier alpha value is -2.81. The van der Waals surface area contributed by atoms with Gasteiger partial charge >= 0.3 is 0 Å². The lowest BCUT2D eigenvalue weighted by molar-refractivity contribution is -0.138. The number of nitrogens with zero attached hydrogens (tertiary/aromatic N) is 3. The van der Waals surface area contributed by atoms with Gasteiger partial charge in [0.1, 0.15) is 5.82 Å². The zero-order valence-corrected chi connectivity index (χ0v) is 18.5. The molecule has 32 heavy (non-hydrogen) atoms. The summed E-state index contributed by atoms with van der Waals surface area (Å²) in [6.07, 6.45) is 2.05. The molecule has 0 spiro atoms. The van der Waals surface area contributed by atoms with Crippen molar-refractivity contribution in [2.45, 2.75) is 19.1 Å². The predicted molar refractivity (Wildman–Crippen MR) is 120 cm³/mol. The third-order valence-electron chi connectivity index (χ3n) is 5.54. The van der Waals surface area contributed by atoms with Crippen LogP contribution in [0.1, 0.15) is 22.5 Å². The van der Waals surface area contributed by atoms with Crippen LogP contribution in [0.5, 0.6) is 0 Å². The molecule has 0 unspecified atom stereocenters. The first-order valence-electron chi connectivity index (χ1n) is 10.2.